The summed E-state index contributed by atoms with van der Waals surface area (Å²) in [7, 11) is 0. The first-order chi connectivity index (χ1) is 13.0. The van der Waals surface area contributed by atoms with Crippen molar-refractivity contribution in [3.05, 3.63) is 48.3 Å². The van der Waals surface area contributed by atoms with E-state index >= 15 is 0 Å². The van der Waals surface area contributed by atoms with Gasteiger partial charge in [0, 0.05) is 56.4 Å². The minimum Gasteiger partial charge on any atom is -0.355 e. The fourth-order valence-corrected chi connectivity index (χ4v) is 3.06. The van der Waals surface area contributed by atoms with Gasteiger partial charge < -0.3 is 20.4 Å². The lowest BCUT2D eigenvalue weighted by molar-refractivity contribution is -0.114. The van der Waals surface area contributed by atoms with Crippen molar-refractivity contribution < 1.29 is 9.59 Å². The van der Waals surface area contributed by atoms with Crippen LogP contribution in [0.1, 0.15) is 24.3 Å². The van der Waals surface area contributed by atoms with Gasteiger partial charge in [-0.15, -0.1) is 0 Å². The Hall–Kier alpha value is -2.93. The van der Waals surface area contributed by atoms with Gasteiger partial charge in [-0.05, 0) is 42.9 Å². The second-order valence-corrected chi connectivity index (χ2v) is 6.54. The van der Waals surface area contributed by atoms with Crippen LogP contribution < -0.4 is 10.6 Å². The van der Waals surface area contributed by atoms with Crippen LogP contribution in [0.3, 0.4) is 0 Å². The molecule has 0 spiro atoms. The molecule has 27 heavy (non-hydrogen) atoms. The van der Waals surface area contributed by atoms with Gasteiger partial charge in [0.25, 0.3) is 5.91 Å². The standard InChI is InChI=1S/C20H25N5O2/c1-3-24-10-12-25(13-11-24)20(27)19-14-18(8-9-21-19)23-17-6-4-16(5-7-17)22-15(2)26/h4-9,14H,3,10-13H2,1-2H3,(H,21,23)(H,22,26). The molecule has 1 aromatic heterocycles. The first kappa shape index (κ1) is 18.8. The Balaban J connectivity index is 1.65. The highest BCUT2D eigenvalue weighted by Gasteiger charge is 2.22. The number of nitrogens with zero attached hydrogens (tertiary/aromatic N) is 3. The van der Waals surface area contributed by atoms with Crippen molar-refractivity contribution in [3.63, 3.8) is 0 Å². The molecule has 1 fully saturated rings. The second kappa shape index (κ2) is 8.64. The third-order valence-corrected chi connectivity index (χ3v) is 4.58. The normalized spacial score (nSPS) is 14.7. The van der Waals surface area contributed by atoms with E-state index in [0.29, 0.717) is 5.69 Å². The lowest BCUT2D eigenvalue weighted by atomic mass is 10.2. The van der Waals surface area contributed by atoms with Gasteiger partial charge in [0.2, 0.25) is 5.91 Å². The monoisotopic (exact) mass is 367 g/mol. The van der Waals surface area contributed by atoms with Gasteiger partial charge in [-0.25, -0.2) is 0 Å². The molecule has 0 bridgehead atoms. The SMILES string of the molecule is CCN1CCN(C(=O)c2cc(Nc3ccc(NC(C)=O)cc3)ccn2)CC1. The number of carbonyl (C=O) groups is 2. The Morgan fingerprint density at radius 2 is 1.67 bits per heavy atom. The molecule has 3 rings (SSSR count). The van der Waals surface area contributed by atoms with Crippen LogP contribution in [0.5, 0.6) is 0 Å². The lowest BCUT2D eigenvalue weighted by Gasteiger charge is -2.33. The molecule has 1 saturated heterocycles. The number of carbonyl (C=O) groups excluding carboxylic acids is 2. The number of hydrogen-bond donors (Lipinski definition) is 2. The van der Waals surface area contributed by atoms with Crippen molar-refractivity contribution in [2.24, 2.45) is 0 Å². The molecule has 2 amide bonds. The molecule has 1 aliphatic rings. The molecule has 1 aromatic carbocycles. The molecular formula is C20H25N5O2. The summed E-state index contributed by atoms with van der Waals surface area (Å²) in [5.74, 6) is -0.136. The first-order valence-electron chi connectivity index (χ1n) is 9.17. The molecule has 142 valence electrons. The third-order valence-electron chi connectivity index (χ3n) is 4.58. The number of pyridine rings is 1. The number of piperazine rings is 1. The van der Waals surface area contributed by atoms with Crippen LogP contribution in [0.25, 0.3) is 0 Å². The van der Waals surface area contributed by atoms with Crippen LogP contribution in [-0.4, -0.2) is 59.3 Å². The van der Waals surface area contributed by atoms with Crippen LogP contribution in [0.15, 0.2) is 42.6 Å². The second-order valence-electron chi connectivity index (χ2n) is 6.54. The van der Waals surface area contributed by atoms with E-state index < -0.39 is 0 Å². The van der Waals surface area contributed by atoms with E-state index in [9.17, 15) is 9.59 Å². The molecule has 0 aliphatic carbocycles. The van der Waals surface area contributed by atoms with Crippen LogP contribution >= 0.6 is 0 Å². The Morgan fingerprint density at radius 3 is 2.30 bits per heavy atom. The van der Waals surface area contributed by atoms with Gasteiger partial charge in [-0.2, -0.15) is 0 Å². The maximum absolute atomic E-state index is 12.7. The zero-order chi connectivity index (χ0) is 19.2. The van der Waals surface area contributed by atoms with E-state index in [-0.39, 0.29) is 11.8 Å². The summed E-state index contributed by atoms with van der Waals surface area (Å²) >= 11 is 0. The number of hydrogen-bond acceptors (Lipinski definition) is 5. The number of anilines is 3. The van der Waals surface area contributed by atoms with E-state index in [1.807, 2.05) is 35.2 Å². The maximum Gasteiger partial charge on any atom is 0.272 e. The summed E-state index contributed by atoms with van der Waals surface area (Å²) in [6.45, 7) is 7.90. The molecular weight excluding hydrogens is 342 g/mol. The van der Waals surface area contributed by atoms with Crippen molar-refractivity contribution in [1.29, 1.82) is 0 Å². The number of rotatable bonds is 5. The van der Waals surface area contributed by atoms with Crippen molar-refractivity contribution in [3.8, 4) is 0 Å². The molecule has 0 atom stereocenters. The Labute approximate surface area is 159 Å². The average molecular weight is 367 g/mol. The zero-order valence-electron chi connectivity index (χ0n) is 15.7. The van der Waals surface area contributed by atoms with E-state index in [2.05, 4.69) is 27.4 Å². The minimum atomic E-state index is -0.104. The molecule has 7 heteroatoms. The fraction of sp³-hybridized carbons (Fsp3) is 0.350. The van der Waals surface area contributed by atoms with Gasteiger partial charge in [-0.1, -0.05) is 6.92 Å². The Bertz CT molecular complexity index is 798. The fourth-order valence-electron chi connectivity index (χ4n) is 3.06. The van der Waals surface area contributed by atoms with Crippen molar-refractivity contribution >= 4 is 28.9 Å². The average Bonchev–Trinajstić information content (AvgIpc) is 2.69. The zero-order valence-corrected chi connectivity index (χ0v) is 15.7. The smallest absolute Gasteiger partial charge is 0.272 e. The van der Waals surface area contributed by atoms with Crippen LogP contribution in [-0.2, 0) is 4.79 Å². The molecule has 1 aliphatic heterocycles. The predicted molar refractivity (Wildman–Crippen MR) is 106 cm³/mol. The summed E-state index contributed by atoms with van der Waals surface area (Å²) < 4.78 is 0. The van der Waals surface area contributed by atoms with Gasteiger partial charge in [0.15, 0.2) is 0 Å². The van der Waals surface area contributed by atoms with Crippen molar-refractivity contribution in [2.75, 3.05) is 43.4 Å². The van der Waals surface area contributed by atoms with Gasteiger partial charge in [0.1, 0.15) is 5.69 Å². The molecule has 2 N–H and O–H groups in total. The number of likely N-dealkylation sites (N-methyl/N-ethyl adjacent to an activating group) is 1. The predicted octanol–water partition coefficient (Wildman–Crippen LogP) is 2.56. The number of benzene rings is 1. The summed E-state index contributed by atoms with van der Waals surface area (Å²) in [5.41, 5.74) is 2.85. The Kier molecular flexibility index (Phi) is 6.03. The van der Waals surface area contributed by atoms with E-state index in [1.54, 1.807) is 12.3 Å². The highest BCUT2D eigenvalue weighted by atomic mass is 16.2. The minimum absolute atomic E-state index is 0.0320. The summed E-state index contributed by atoms with van der Waals surface area (Å²) in [5, 5.41) is 6.00. The summed E-state index contributed by atoms with van der Waals surface area (Å²) in [4.78, 5) is 32.3. The van der Waals surface area contributed by atoms with Crippen molar-refractivity contribution in [2.45, 2.75) is 13.8 Å². The van der Waals surface area contributed by atoms with E-state index in [4.69, 9.17) is 0 Å². The van der Waals surface area contributed by atoms with E-state index in [1.165, 1.54) is 6.92 Å². The lowest BCUT2D eigenvalue weighted by Crippen LogP contribution is -2.48. The topological polar surface area (TPSA) is 77.6 Å². The molecule has 7 nitrogen and oxygen atoms in total. The van der Waals surface area contributed by atoms with Crippen LogP contribution in [0.4, 0.5) is 17.1 Å². The van der Waals surface area contributed by atoms with Crippen LogP contribution in [0.2, 0.25) is 0 Å². The number of nitrogens with one attached hydrogen (secondary N) is 2. The third kappa shape index (κ3) is 5.04. The number of amides is 2. The van der Waals surface area contributed by atoms with Gasteiger partial charge in [0.05, 0.1) is 0 Å². The summed E-state index contributed by atoms with van der Waals surface area (Å²) in [6, 6.07) is 11.0. The molecule has 2 aromatic rings. The Morgan fingerprint density at radius 1 is 1.00 bits per heavy atom. The van der Waals surface area contributed by atoms with Crippen molar-refractivity contribution in [1.82, 2.24) is 14.8 Å². The molecule has 0 unspecified atom stereocenters. The van der Waals surface area contributed by atoms with Gasteiger partial charge >= 0.3 is 0 Å². The quantitative estimate of drug-likeness (QED) is 0.849. The van der Waals surface area contributed by atoms with Crippen LogP contribution in [0, 0.1) is 0 Å². The first-order valence-corrected chi connectivity index (χ1v) is 9.17. The molecule has 0 radical (unpaired) electrons. The highest BCUT2D eigenvalue weighted by molar-refractivity contribution is 5.93. The summed E-state index contributed by atoms with van der Waals surface area (Å²) in [6.07, 6.45) is 1.64. The van der Waals surface area contributed by atoms with Gasteiger partial charge in [-0.3, -0.25) is 14.6 Å². The maximum atomic E-state index is 12.7. The largest absolute Gasteiger partial charge is 0.355 e. The molecule has 0 saturated carbocycles. The highest BCUT2D eigenvalue weighted by Crippen LogP contribution is 2.20. The van der Waals surface area contributed by atoms with E-state index in [0.717, 1.165) is 49.8 Å². The number of aromatic nitrogens is 1. The molecule has 2 heterocycles.